The van der Waals surface area contributed by atoms with Gasteiger partial charge in [-0.05, 0) is 48.5 Å². The Morgan fingerprint density at radius 3 is 2.45 bits per heavy atom. The van der Waals surface area contributed by atoms with Crippen LogP contribution in [-0.4, -0.2) is 18.5 Å². The Bertz CT molecular complexity index is 1080. The summed E-state index contributed by atoms with van der Waals surface area (Å²) < 4.78 is 10.7. The average molecular weight is 407 g/mol. The number of benzene rings is 3. The summed E-state index contributed by atoms with van der Waals surface area (Å²) in [6.45, 7) is -0.472. The van der Waals surface area contributed by atoms with E-state index in [-0.39, 0.29) is 10.6 Å². The third kappa shape index (κ3) is 5.58. The molecule has 0 aliphatic heterocycles. The van der Waals surface area contributed by atoms with Gasteiger partial charge in [0.1, 0.15) is 17.6 Å². The molecular weight excluding hydrogens is 392 g/mol. The number of ether oxygens (including phenoxy) is 2. The fraction of sp³-hybridized carbons (Fsp3) is 0.0455. The van der Waals surface area contributed by atoms with Crippen LogP contribution in [0.25, 0.3) is 0 Å². The first kappa shape index (κ1) is 19.9. The SMILES string of the molecule is N#Cc1ccc(NC(=O)COC(=O)c2cccc(Oc3ccccc3)c2)cc1Cl. The number of para-hydroxylation sites is 1. The molecule has 3 aromatic rings. The molecule has 0 aromatic heterocycles. The van der Waals surface area contributed by atoms with Gasteiger partial charge in [-0.3, -0.25) is 4.79 Å². The van der Waals surface area contributed by atoms with Gasteiger partial charge in [0.15, 0.2) is 6.61 Å². The number of nitrogens with zero attached hydrogens (tertiary/aromatic N) is 1. The van der Waals surface area contributed by atoms with Crippen molar-refractivity contribution in [3.63, 3.8) is 0 Å². The predicted molar refractivity (Wildman–Crippen MR) is 108 cm³/mol. The van der Waals surface area contributed by atoms with Crippen LogP contribution in [0.3, 0.4) is 0 Å². The molecular formula is C22H15ClN2O4. The Kier molecular flexibility index (Phi) is 6.46. The summed E-state index contributed by atoms with van der Waals surface area (Å²) >= 11 is 5.92. The number of hydrogen-bond acceptors (Lipinski definition) is 5. The third-order valence-electron chi connectivity index (χ3n) is 3.76. The fourth-order valence-electron chi connectivity index (χ4n) is 2.41. The molecule has 0 radical (unpaired) electrons. The van der Waals surface area contributed by atoms with Crippen molar-refractivity contribution >= 4 is 29.2 Å². The molecule has 0 heterocycles. The van der Waals surface area contributed by atoms with E-state index in [1.54, 1.807) is 30.3 Å². The van der Waals surface area contributed by atoms with Crippen molar-refractivity contribution in [1.82, 2.24) is 0 Å². The quantitative estimate of drug-likeness (QED) is 0.594. The Balaban J connectivity index is 1.56. The number of esters is 1. The summed E-state index contributed by atoms with van der Waals surface area (Å²) in [5.74, 6) is -0.0758. The molecule has 0 atom stereocenters. The Labute approximate surface area is 172 Å². The minimum absolute atomic E-state index is 0.220. The highest BCUT2D eigenvalue weighted by atomic mass is 35.5. The van der Waals surface area contributed by atoms with E-state index < -0.39 is 18.5 Å². The van der Waals surface area contributed by atoms with Crippen molar-refractivity contribution in [2.75, 3.05) is 11.9 Å². The monoisotopic (exact) mass is 406 g/mol. The molecule has 0 aliphatic rings. The van der Waals surface area contributed by atoms with Gasteiger partial charge in [-0.1, -0.05) is 35.9 Å². The lowest BCUT2D eigenvalue weighted by atomic mass is 10.2. The Hall–Kier alpha value is -3.82. The molecule has 0 fully saturated rings. The lowest BCUT2D eigenvalue weighted by Crippen LogP contribution is -2.21. The number of nitriles is 1. The molecule has 1 N–H and O–H groups in total. The van der Waals surface area contributed by atoms with Crippen LogP contribution in [0.15, 0.2) is 72.8 Å². The summed E-state index contributed by atoms with van der Waals surface area (Å²) in [5, 5.41) is 11.6. The lowest BCUT2D eigenvalue weighted by Gasteiger charge is -2.09. The van der Waals surface area contributed by atoms with Crippen LogP contribution in [-0.2, 0) is 9.53 Å². The fourth-order valence-corrected chi connectivity index (χ4v) is 2.63. The summed E-state index contributed by atoms with van der Waals surface area (Å²) in [6, 6.07) is 22.0. The van der Waals surface area contributed by atoms with Crippen molar-refractivity contribution in [1.29, 1.82) is 5.26 Å². The lowest BCUT2D eigenvalue weighted by molar-refractivity contribution is -0.119. The number of hydrogen-bond donors (Lipinski definition) is 1. The molecule has 0 saturated heterocycles. The topological polar surface area (TPSA) is 88.4 Å². The van der Waals surface area contributed by atoms with E-state index in [2.05, 4.69) is 5.32 Å². The molecule has 1 amide bonds. The van der Waals surface area contributed by atoms with Gasteiger partial charge in [-0.25, -0.2) is 4.79 Å². The second-order valence-corrected chi connectivity index (χ2v) is 6.28. The van der Waals surface area contributed by atoms with Gasteiger partial charge < -0.3 is 14.8 Å². The number of amides is 1. The van der Waals surface area contributed by atoms with Gasteiger partial charge >= 0.3 is 5.97 Å². The van der Waals surface area contributed by atoms with Gasteiger partial charge in [-0.15, -0.1) is 0 Å². The highest BCUT2D eigenvalue weighted by Gasteiger charge is 2.12. The van der Waals surface area contributed by atoms with Crippen LogP contribution >= 0.6 is 11.6 Å². The second-order valence-electron chi connectivity index (χ2n) is 5.87. The number of carbonyl (C=O) groups is 2. The average Bonchev–Trinajstić information content (AvgIpc) is 2.73. The highest BCUT2D eigenvalue weighted by molar-refractivity contribution is 6.32. The van der Waals surface area contributed by atoms with Crippen molar-refractivity contribution in [2.24, 2.45) is 0 Å². The van der Waals surface area contributed by atoms with Crippen LogP contribution in [0, 0.1) is 11.3 Å². The van der Waals surface area contributed by atoms with E-state index in [1.165, 1.54) is 24.3 Å². The summed E-state index contributed by atoms with van der Waals surface area (Å²) in [6.07, 6.45) is 0. The van der Waals surface area contributed by atoms with Crippen LogP contribution in [0.4, 0.5) is 5.69 Å². The van der Waals surface area contributed by atoms with Gasteiger partial charge in [0.05, 0.1) is 16.1 Å². The molecule has 0 unspecified atom stereocenters. The second kappa shape index (κ2) is 9.40. The van der Waals surface area contributed by atoms with Gasteiger partial charge in [-0.2, -0.15) is 5.26 Å². The van der Waals surface area contributed by atoms with E-state index in [0.29, 0.717) is 22.7 Å². The molecule has 0 aliphatic carbocycles. The summed E-state index contributed by atoms with van der Waals surface area (Å²) in [7, 11) is 0. The zero-order valence-electron chi connectivity index (χ0n) is 15.1. The molecule has 3 aromatic carbocycles. The summed E-state index contributed by atoms with van der Waals surface area (Å²) in [4.78, 5) is 24.2. The first-order valence-corrected chi connectivity index (χ1v) is 8.92. The molecule has 0 spiro atoms. The molecule has 0 bridgehead atoms. The van der Waals surface area contributed by atoms with Crippen LogP contribution in [0.1, 0.15) is 15.9 Å². The molecule has 29 heavy (non-hydrogen) atoms. The minimum Gasteiger partial charge on any atom is -0.457 e. The Morgan fingerprint density at radius 2 is 1.72 bits per heavy atom. The number of nitrogens with one attached hydrogen (secondary N) is 1. The molecule has 7 heteroatoms. The standard InChI is InChI=1S/C22H15ClN2O4/c23-20-12-17(10-9-16(20)13-24)25-21(26)14-28-22(27)15-5-4-8-19(11-15)29-18-6-2-1-3-7-18/h1-12H,14H2,(H,25,26). The molecule has 144 valence electrons. The largest absolute Gasteiger partial charge is 0.457 e. The van der Waals surface area contributed by atoms with Gasteiger partial charge in [0.2, 0.25) is 0 Å². The summed E-state index contributed by atoms with van der Waals surface area (Å²) in [5.41, 5.74) is 0.953. The molecule has 0 saturated carbocycles. The zero-order valence-corrected chi connectivity index (χ0v) is 15.8. The van der Waals surface area contributed by atoms with E-state index in [1.807, 2.05) is 24.3 Å². The number of halogens is 1. The first-order chi connectivity index (χ1) is 14.0. The predicted octanol–water partition coefficient (Wildman–Crippen LogP) is 4.80. The number of anilines is 1. The number of carbonyl (C=O) groups excluding carboxylic acids is 2. The van der Waals surface area contributed by atoms with Crippen LogP contribution in [0.2, 0.25) is 5.02 Å². The van der Waals surface area contributed by atoms with Crippen molar-refractivity contribution in [3.05, 3.63) is 88.9 Å². The van der Waals surface area contributed by atoms with Crippen molar-refractivity contribution < 1.29 is 19.1 Å². The highest BCUT2D eigenvalue weighted by Crippen LogP contribution is 2.22. The Morgan fingerprint density at radius 1 is 0.966 bits per heavy atom. The smallest absolute Gasteiger partial charge is 0.338 e. The van der Waals surface area contributed by atoms with E-state index in [4.69, 9.17) is 26.3 Å². The van der Waals surface area contributed by atoms with Crippen LogP contribution < -0.4 is 10.1 Å². The van der Waals surface area contributed by atoms with E-state index >= 15 is 0 Å². The first-order valence-electron chi connectivity index (χ1n) is 8.55. The molecule has 3 rings (SSSR count). The van der Waals surface area contributed by atoms with Gasteiger partial charge in [0.25, 0.3) is 5.91 Å². The van der Waals surface area contributed by atoms with Crippen LogP contribution in [0.5, 0.6) is 11.5 Å². The number of rotatable bonds is 6. The van der Waals surface area contributed by atoms with Crippen molar-refractivity contribution in [3.8, 4) is 17.6 Å². The van der Waals surface area contributed by atoms with E-state index in [0.717, 1.165) is 0 Å². The zero-order chi connectivity index (χ0) is 20.6. The van der Waals surface area contributed by atoms with Crippen molar-refractivity contribution in [2.45, 2.75) is 0 Å². The minimum atomic E-state index is -0.656. The normalized spacial score (nSPS) is 9.93. The maximum atomic E-state index is 12.2. The third-order valence-corrected chi connectivity index (χ3v) is 4.07. The van der Waals surface area contributed by atoms with E-state index in [9.17, 15) is 9.59 Å². The maximum absolute atomic E-state index is 12.2. The van der Waals surface area contributed by atoms with Gasteiger partial charge in [0, 0.05) is 5.69 Å². The molecule has 6 nitrogen and oxygen atoms in total. The maximum Gasteiger partial charge on any atom is 0.338 e.